The third kappa shape index (κ3) is 5.96. The quantitative estimate of drug-likeness (QED) is 0.390. The smallest absolute Gasteiger partial charge is 0.259 e. The lowest BCUT2D eigenvalue weighted by molar-refractivity contribution is -0.119. The molecular weight excluding hydrogens is 413 g/mol. The van der Waals surface area contributed by atoms with Gasteiger partial charge in [-0.25, -0.2) is 5.43 Å². The Morgan fingerprint density at radius 1 is 1.17 bits per heavy atom. The normalized spacial score (nSPS) is 11.2. The van der Waals surface area contributed by atoms with Gasteiger partial charge in [0.2, 0.25) is 0 Å². The maximum absolute atomic E-state index is 12.0. The molecule has 1 amide bonds. The van der Waals surface area contributed by atoms with E-state index in [0.717, 1.165) is 24.2 Å². The highest BCUT2D eigenvalue weighted by atomic mass is 127. The summed E-state index contributed by atoms with van der Waals surface area (Å²) >= 11 is 2.29. The number of hydrogen-bond donors (Lipinski definition) is 2. The molecule has 0 heterocycles. The largest absolute Gasteiger partial charge is 0.376 e. The molecule has 126 valence electrons. The Morgan fingerprint density at radius 3 is 2.58 bits per heavy atom. The Bertz CT molecular complexity index is 714. The van der Waals surface area contributed by atoms with E-state index in [0.29, 0.717) is 0 Å². The van der Waals surface area contributed by atoms with Gasteiger partial charge in [-0.3, -0.25) is 4.79 Å². The van der Waals surface area contributed by atoms with Crippen molar-refractivity contribution in [1.82, 2.24) is 5.43 Å². The number of carbonyl (C=O) groups is 1. The molecule has 0 saturated carbocycles. The number of nitrogens with one attached hydrogen (secondary N) is 2. The molecule has 4 nitrogen and oxygen atoms in total. The summed E-state index contributed by atoms with van der Waals surface area (Å²) in [6.07, 6.45) is 1.56. The zero-order chi connectivity index (χ0) is 17.4. The van der Waals surface area contributed by atoms with Gasteiger partial charge in [-0.1, -0.05) is 37.3 Å². The first-order chi connectivity index (χ1) is 11.6. The fourth-order valence-electron chi connectivity index (χ4n) is 2.19. The molecule has 0 unspecified atom stereocenters. The van der Waals surface area contributed by atoms with Gasteiger partial charge in [0.05, 0.1) is 6.54 Å². The highest BCUT2D eigenvalue weighted by molar-refractivity contribution is 14.1. The second-order valence-corrected chi connectivity index (χ2v) is 6.71. The molecule has 0 saturated heterocycles. The maximum atomic E-state index is 12.0. The fourth-order valence-corrected chi connectivity index (χ4v) is 2.53. The molecule has 0 aliphatic rings. The van der Waals surface area contributed by atoms with Crippen molar-refractivity contribution in [2.45, 2.75) is 26.7 Å². The van der Waals surface area contributed by atoms with Crippen molar-refractivity contribution < 1.29 is 4.79 Å². The minimum Gasteiger partial charge on any atom is -0.376 e. The van der Waals surface area contributed by atoms with E-state index in [1.54, 1.807) is 0 Å². The first-order valence-corrected chi connectivity index (χ1v) is 9.04. The molecule has 0 radical (unpaired) electrons. The summed E-state index contributed by atoms with van der Waals surface area (Å²) < 4.78 is 1.21. The minimum atomic E-state index is -0.148. The third-order valence-corrected chi connectivity index (χ3v) is 4.82. The average molecular weight is 435 g/mol. The summed E-state index contributed by atoms with van der Waals surface area (Å²) in [5, 5.41) is 7.38. The van der Waals surface area contributed by atoms with Crippen molar-refractivity contribution in [3.63, 3.8) is 0 Å². The first kappa shape index (κ1) is 18.4. The van der Waals surface area contributed by atoms with Crippen molar-refractivity contribution >= 4 is 39.9 Å². The van der Waals surface area contributed by atoms with E-state index < -0.39 is 0 Å². The van der Waals surface area contributed by atoms with Gasteiger partial charge < -0.3 is 5.32 Å². The van der Waals surface area contributed by atoms with Gasteiger partial charge in [0.25, 0.3) is 5.91 Å². The zero-order valence-electron chi connectivity index (χ0n) is 14.0. The molecule has 0 atom stereocenters. The molecule has 5 heteroatoms. The van der Waals surface area contributed by atoms with Crippen LogP contribution < -0.4 is 10.7 Å². The zero-order valence-corrected chi connectivity index (χ0v) is 16.1. The van der Waals surface area contributed by atoms with Crippen LogP contribution in [0.4, 0.5) is 5.69 Å². The summed E-state index contributed by atoms with van der Waals surface area (Å²) in [4.78, 5) is 12.0. The van der Waals surface area contributed by atoms with E-state index in [2.05, 4.69) is 57.5 Å². The van der Waals surface area contributed by atoms with Gasteiger partial charge in [-0.15, -0.1) is 0 Å². The Hall–Kier alpha value is -1.89. The molecule has 2 rings (SSSR count). The SMILES string of the molecule is CC/C(Cc1ccccc1)=N\NC(=O)CNc1ccc(I)c(C)c1. The third-order valence-electron chi connectivity index (χ3n) is 3.61. The number of rotatable bonds is 7. The van der Waals surface area contributed by atoms with E-state index in [4.69, 9.17) is 0 Å². The molecule has 0 fully saturated rings. The lowest BCUT2D eigenvalue weighted by Crippen LogP contribution is -2.27. The minimum absolute atomic E-state index is 0.148. The predicted molar refractivity (Wildman–Crippen MR) is 108 cm³/mol. The highest BCUT2D eigenvalue weighted by Crippen LogP contribution is 2.16. The lowest BCUT2D eigenvalue weighted by Gasteiger charge is -2.08. The Labute approximate surface area is 156 Å². The van der Waals surface area contributed by atoms with Gasteiger partial charge in [0.1, 0.15) is 0 Å². The van der Waals surface area contributed by atoms with Gasteiger partial charge in [-0.05, 0) is 65.3 Å². The second kappa shape index (κ2) is 9.42. The summed E-state index contributed by atoms with van der Waals surface area (Å²) in [5.74, 6) is -0.148. The molecule has 0 aromatic heterocycles. The van der Waals surface area contributed by atoms with Gasteiger partial charge in [0.15, 0.2) is 0 Å². The van der Waals surface area contributed by atoms with Crippen LogP contribution in [-0.4, -0.2) is 18.2 Å². The van der Waals surface area contributed by atoms with Crippen LogP contribution in [0.2, 0.25) is 0 Å². The Morgan fingerprint density at radius 2 is 1.92 bits per heavy atom. The molecule has 2 aromatic rings. The van der Waals surface area contributed by atoms with Gasteiger partial charge >= 0.3 is 0 Å². The molecule has 0 spiro atoms. The molecule has 0 bridgehead atoms. The lowest BCUT2D eigenvalue weighted by atomic mass is 10.1. The van der Waals surface area contributed by atoms with Crippen LogP contribution in [0.15, 0.2) is 53.6 Å². The van der Waals surface area contributed by atoms with Crippen LogP contribution in [0, 0.1) is 10.5 Å². The summed E-state index contributed by atoms with van der Waals surface area (Å²) in [5.41, 5.74) is 6.91. The average Bonchev–Trinajstić information content (AvgIpc) is 2.60. The van der Waals surface area contributed by atoms with Crippen molar-refractivity contribution in [2.24, 2.45) is 5.10 Å². The topological polar surface area (TPSA) is 53.5 Å². The summed E-state index contributed by atoms with van der Waals surface area (Å²) in [7, 11) is 0. The first-order valence-electron chi connectivity index (χ1n) is 7.96. The molecule has 24 heavy (non-hydrogen) atoms. The number of benzene rings is 2. The number of amides is 1. The molecule has 2 aromatic carbocycles. The summed E-state index contributed by atoms with van der Waals surface area (Å²) in [6, 6.07) is 16.2. The van der Waals surface area contributed by atoms with Gasteiger partial charge in [-0.2, -0.15) is 5.10 Å². The van der Waals surface area contributed by atoms with Crippen LogP contribution in [0.3, 0.4) is 0 Å². The molecule has 0 aliphatic heterocycles. The second-order valence-electron chi connectivity index (χ2n) is 5.55. The van der Waals surface area contributed by atoms with Crippen LogP contribution in [0.25, 0.3) is 0 Å². The van der Waals surface area contributed by atoms with E-state index >= 15 is 0 Å². The maximum Gasteiger partial charge on any atom is 0.259 e. The number of hydrogen-bond acceptors (Lipinski definition) is 3. The Balaban J connectivity index is 1.85. The van der Waals surface area contributed by atoms with Crippen LogP contribution in [0.1, 0.15) is 24.5 Å². The number of anilines is 1. The molecule has 2 N–H and O–H groups in total. The fraction of sp³-hybridized carbons (Fsp3) is 0.263. The van der Waals surface area contributed by atoms with Crippen LogP contribution in [0.5, 0.6) is 0 Å². The van der Waals surface area contributed by atoms with Gasteiger partial charge in [0, 0.05) is 21.4 Å². The Kier molecular flexibility index (Phi) is 7.24. The van der Waals surface area contributed by atoms with E-state index in [1.807, 2.05) is 43.3 Å². The van der Waals surface area contributed by atoms with E-state index in [1.165, 1.54) is 14.7 Å². The van der Waals surface area contributed by atoms with Crippen molar-refractivity contribution in [2.75, 3.05) is 11.9 Å². The number of carbonyl (C=O) groups excluding carboxylic acids is 1. The highest BCUT2D eigenvalue weighted by Gasteiger charge is 2.03. The number of nitrogens with zero attached hydrogens (tertiary/aromatic N) is 1. The van der Waals surface area contributed by atoms with Crippen molar-refractivity contribution in [1.29, 1.82) is 0 Å². The van der Waals surface area contributed by atoms with Crippen LogP contribution >= 0.6 is 22.6 Å². The van der Waals surface area contributed by atoms with E-state index in [-0.39, 0.29) is 12.5 Å². The molecular formula is C19H22IN3O. The monoisotopic (exact) mass is 435 g/mol. The van der Waals surface area contributed by atoms with E-state index in [9.17, 15) is 4.79 Å². The standard InChI is InChI=1S/C19H22IN3O/c1-3-16(12-15-7-5-4-6-8-15)22-23-19(24)13-21-17-9-10-18(20)14(2)11-17/h4-11,21H,3,12-13H2,1-2H3,(H,23,24)/b22-16+. The number of halogens is 1. The number of aryl methyl sites for hydroxylation is 1. The predicted octanol–water partition coefficient (Wildman–Crippen LogP) is 4.14. The van der Waals surface area contributed by atoms with Crippen LogP contribution in [-0.2, 0) is 11.2 Å². The summed E-state index contributed by atoms with van der Waals surface area (Å²) in [6.45, 7) is 4.29. The molecule has 0 aliphatic carbocycles. The number of hydrazone groups is 1. The van der Waals surface area contributed by atoms with Crippen molar-refractivity contribution in [3.8, 4) is 0 Å². The van der Waals surface area contributed by atoms with Crippen molar-refractivity contribution in [3.05, 3.63) is 63.2 Å².